The van der Waals surface area contributed by atoms with E-state index < -0.39 is 6.10 Å². The van der Waals surface area contributed by atoms with Gasteiger partial charge in [0.25, 0.3) is 5.91 Å². The summed E-state index contributed by atoms with van der Waals surface area (Å²) in [6, 6.07) is 11.3. The van der Waals surface area contributed by atoms with Gasteiger partial charge in [0.2, 0.25) is 0 Å². The number of aliphatic hydroxyl groups excluding tert-OH is 1. The second kappa shape index (κ2) is 7.56. The van der Waals surface area contributed by atoms with E-state index in [1.54, 1.807) is 6.07 Å². The molecule has 1 amide bonds. The molecule has 0 aliphatic heterocycles. The second-order valence-electron chi connectivity index (χ2n) is 4.69. The van der Waals surface area contributed by atoms with E-state index in [-0.39, 0.29) is 12.5 Å². The summed E-state index contributed by atoms with van der Waals surface area (Å²) in [5, 5.41) is 19.1. The molecule has 0 bridgehead atoms. The van der Waals surface area contributed by atoms with Crippen LogP contribution in [-0.2, 0) is 4.74 Å². The molecule has 2 rings (SSSR count). The van der Waals surface area contributed by atoms with Gasteiger partial charge in [-0.25, -0.2) is 0 Å². The lowest BCUT2D eigenvalue weighted by Gasteiger charge is -2.09. The van der Waals surface area contributed by atoms with E-state index >= 15 is 0 Å². The maximum atomic E-state index is 11.9. The summed E-state index contributed by atoms with van der Waals surface area (Å²) in [6.45, 7) is 0.640. The minimum absolute atomic E-state index is 0.241. The number of rotatable bonds is 7. The fourth-order valence-electron chi connectivity index (χ4n) is 1.92. The highest BCUT2D eigenvalue weighted by molar-refractivity contribution is 5.93. The third kappa shape index (κ3) is 4.40. The van der Waals surface area contributed by atoms with Crippen LogP contribution in [0.5, 0.6) is 0 Å². The number of hydrogen-bond acceptors (Lipinski definition) is 4. The van der Waals surface area contributed by atoms with Crippen molar-refractivity contribution >= 4 is 5.91 Å². The molecule has 0 aliphatic rings. The number of aromatic nitrogens is 2. The van der Waals surface area contributed by atoms with Crippen molar-refractivity contribution in [3.63, 3.8) is 0 Å². The largest absolute Gasteiger partial charge is 0.391 e. The quantitative estimate of drug-likeness (QED) is 0.715. The number of nitrogens with one attached hydrogen (secondary N) is 2. The number of H-pyrrole nitrogens is 1. The average Bonchev–Trinajstić information content (AvgIpc) is 2.98. The minimum Gasteiger partial charge on any atom is -0.391 e. The van der Waals surface area contributed by atoms with Crippen molar-refractivity contribution in [2.24, 2.45) is 0 Å². The summed E-state index contributed by atoms with van der Waals surface area (Å²) in [5.74, 6) is -0.241. The molecule has 0 aliphatic carbocycles. The van der Waals surface area contributed by atoms with E-state index in [9.17, 15) is 9.90 Å². The number of ether oxygens (including phenoxy) is 1. The third-order valence-electron chi connectivity index (χ3n) is 3.01. The smallest absolute Gasteiger partial charge is 0.269 e. The minimum atomic E-state index is -0.572. The standard InChI is InChI=1S/C15H19N3O3/c1-21-10-12(19)7-8-16-15(20)14-9-13(17-18-14)11-5-3-2-4-6-11/h2-6,9,12,19H,7-8,10H2,1H3,(H,16,20)(H,17,18). The first kappa shape index (κ1) is 15.2. The normalized spacial score (nSPS) is 12.1. The van der Waals surface area contributed by atoms with Gasteiger partial charge in [-0.2, -0.15) is 5.10 Å². The van der Waals surface area contributed by atoms with Crippen molar-refractivity contribution in [3.05, 3.63) is 42.1 Å². The van der Waals surface area contributed by atoms with E-state index in [4.69, 9.17) is 4.74 Å². The van der Waals surface area contributed by atoms with Crippen LogP contribution in [0.15, 0.2) is 36.4 Å². The molecule has 1 unspecified atom stereocenters. The summed E-state index contributed by atoms with van der Waals surface area (Å²) in [7, 11) is 1.53. The van der Waals surface area contributed by atoms with E-state index in [2.05, 4.69) is 15.5 Å². The van der Waals surface area contributed by atoms with Crippen molar-refractivity contribution in [3.8, 4) is 11.3 Å². The predicted octanol–water partition coefficient (Wildman–Crippen LogP) is 1.20. The molecule has 1 aromatic heterocycles. The summed E-state index contributed by atoms with van der Waals surface area (Å²) in [6.07, 6.45) is -0.129. The molecular formula is C15H19N3O3. The lowest BCUT2D eigenvalue weighted by atomic mass is 10.1. The summed E-state index contributed by atoms with van der Waals surface area (Å²) >= 11 is 0. The van der Waals surface area contributed by atoms with Crippen molar-refractivity contribution in [2.45, 2.75) is 12.5 Å². The Balaban J connectivity index is 1.88. The molecule has 3 N–H and O–H groups in total. The number of hydrogen-bond donors (Lipinski definition) is 3. The van der Waals surface area contributed by atoms with E-state index in [1.165, 1.54) is 7.11 Å². The fraction of sp³-hybridized carbons (Fsp3) is 0.333. The van der Waals surface area contributed by atoms with Gasteiger partial charge in [0.05, 0.1) is 18.4 Å². The number of carbonyl (C=O) groups excluding carboxylic acids is 1. The van der Waals surface area contributed by atoms with Gasteiger partial charge in [-0.3, -0.25) is 9.89 Å². The first-order valence-corrected chi connectivity index (χ1v) is 6.76. The summed E-state index contributed by atoms with van der Waals surface area (Å²) < 4.78 is 4.82. The molecule has 0 radical (unpaired) electrons. The van der Waals surface area contributed by atoms with Gasteiger partial charge in [0.1, 0.15) is 5.69 Å². The Morgan fingerprint density at radius 2 is 2.19 bits per heavy atom. The van der Waals surface area contributed by atoms with Crippen LogP contribution in [-0.4, -0.2) is 47.6 Å². The number of aromatic amines is 1. The first-order chi connectivity index (χ1) is 10.2. The Morgan fingerprint density at radius 3 is 2.90 bits per heavy atom. The zero-order valence-electron chi connectivity index (χ0n) is 11.9. The Kier molecular flexibility index (Phi) is 5.48. The number of methoxy groups -OCH3 is 1. The molecule has 6 heteroatoms. The molecule has 1 heterocycles. The number of aliphatic hydroxyl groups is 1. The van der Waals surface area contributed by atoms with Crippen molar-refractivity contribution < 1.29 is 14.6 Å². The van der Waals surface area contributed by atoms with Gasteiger partial charge in [-0.05, 0) is 12.5 Å². The predicted molar refractivity (Wildman–Crippen MR) is 78.9 cm³/mol. The number of nitrogens with zero attached hydrogens (tertiary/aromatic N) is 1. The maximum Gasteiger partial charge on any atom is 0.269 e. The van der Waals surface area contributed by atoms with Gasteiger partial charge in [-0.15, -0.1) is 0 Å². The van der Waals surface area contributed by atoms with Gasteiger partial charge < -0.3 is 15.2 Å². The van der Waals surface area contributed by atoms with E-state index in [1.807, 2.05) is 30.3 Å². The molecule has 1 atom stereocenters. The molecule has 0 fully saturated rings. The number of carbonyl (C=O) groups is 1. The SMILES string of the molecule is COCC(O)CCNC(=O)c1cc(-c2ccccc2)n[nH]1. The molecular weight excluding hydrogens is 270 g/mol. The average molecular weight is 289 g/mol. The lowest BCUT2D eigenvalue weighted by molar-refractivity contribution is 0.0587. The van der Waals surface area contributed by atoms with Crippen LogP contribution in [0.2, 0.25) is 0 Å². The Labute approximate surface area is 123 Å². The molecule has 0 saturated carbocycles. The summed E-state index contributed by atoms with van der Waals surface area (Å²) in [5.41, 5.74) is 2.07. The zero-order chi connectivity index (χ0) is 15.1. The molecule has 0 saturated heterocycles. The Bertz CT molecular complexity index is 569. The highest BCUT2D eigenvalue weighted by Crippen LogP contribution is 2.16. The second-order valence-corrected chi connectivity index (χ2v) is 4.69. The lowest BCUT2D eigenvalue weighted by Crippen LogP contribution is -2.28. The van der Waals surface area contributed by atoms with Crippen LogP contribution in [0.4, 0.5) is 0 Å². The Morgan fingerprint density at radius 1 is 1.43 bits per heavy atom. The highest BCUT2D eigenvalue weighted by Gasteiger charge is 2.11. The van der Waals surface area contributed by atoms with E-state index in [0.29, 0.717) is 18.7 Å². The van der Waals surface area contributed by atoms with Crippen molar-refractivity contribution in [1.29, 1.82) is 0 Å². The van der Waals surface area contributed by atoms with Crippen LogP contribution in [0.3, 0.4) is 0 Å². The Hall–Kier alpha value is -2.18. The number of benzene rings is 1. The van der Waals surface area contributed by atoms with E-state index in [0.717, 1.165) is 11.3 Å². The molecule has 0 spiro atoms. The van der Waals surface area contributed by atoms with Crippen LogP contribution < -0.4 is 5.32 Å². The van der Waals surface area contributed by atoms with Gasteiger partial charge in [0.15, 0.2) is 0 Å². The zero-order valence-corrected chi connectivity index (χ0v) is 11.9. The van der Waals surface area contributed by atoms with Crippen LogP contribution in [0.25, 0.3) is 11.3 Å². The molecule has 2 aromatic rings. The van der Waals surface area contributed by atoms with Crippen LogP contribution >= 0.6 is 0 Å². The molecule has 112 valence electrons. The monoisotopic (exact) mass is 289 g/mol. The summed E-state index contributed by atoms with van der Waals surface area (Å²) in [4.78, 5) is 11.9. The molecule has 6 nitrogen and oxygen atoms in total. The van der Waals surface area contributed by atoms with Gasteiger partial charge >= 0.3 is 0 Å². The highest BCUT2D eigenvalue weighted by atomic mass is 16.5. The van der Waals surface area contributed by atoms with Crippen molar-refractivity contribution in [1.82, 2.24) is 15.5 Å². The maximum absolute atomic E-state index is 11.9. The fourth-order valence-corrected chi connectivity index (χ4v) is 1.92. The first-order valence-electron chi connectivity index (χ1n) is 6.76. The van der Waals surface area contributed by atoms with Crippen molar-refractivity contribution in [2.75, 3.05) is 20.3 Å². The topological polar surface area (TPSA) is 87.2 Å². The van der Waals surface area contributed by atoms with Crippen LogP contribution in [0, 0.1) is 0 Å². The van der Waals surface area contributed by atoms with Gasteiger partial charge in [0, 0.05) is 19.2 Å². The number of amides is 1. The molecule has 1 aromatic carbocycles. The molecule has 21 heavy (non-hydrogen) atoms. The van der Waals surface area contributed by atoms with Crippen LogP contribution in [0.1, 0.15) is 16.9 Å². The third-order valence-corrected chi connectivity index (χ3v) is 3.01. The van der Waals surface area contributed by atoms with Gasteiger partial charge in [-0.1, -0.05) is 30.3 Å².